The van der Waals surface area contributed by atoms with E-state index in [0.717, 1.165) is 55.4 Å². The number of benzene rings is 7. The van der Waals surface area contributed by atoms with E-state index in [4.69, 9.17) is 19.4 Å². The fourth-order valence-corrected chi connectivity index (χ4v) is 7.06. The maximum absolute atomic E-state index is 6.59. The highest BCUT2D eigenvalue weighted by Crippen LogP contribution is 2.37. The zero-order valence-corrected chi connectivity index (χ0v) is 26.9. The van der Waals surface area contributed by atoms with Gasteiger partial charge in [0, 0.05) is 50.0 Å². The lowest BCUT2D eigenvalue weighted by atomic mass is 10.0. The van der Waals surface area contributed by atoms with Gasteiger partial charge >= 0.3 is 0 Å². The highest BCUT2D eigenvalue weighted by molar-refractivity contribution is 6.10. The molecule has 0 aliphatic heterocycles. The zero-order chi connectivity index (χ0) is 33.0. The molecule has 5 heteroatoms. The fraction of sp³-hybridized carbons (Fsp3) is 0. The number of furan rings is 1. The lowest BCUT2D eigenvalue weighted by molar-refractivity contribution is 0.668. The van der Waals surface area contributed by atoms with Gasteiger partial charge in [-0.25, -0.2) is 15.0 Å². The lowest BCUT2D eigenvalue weighted by Crippen LogP contribution is -2.00. The Hall–Kier alpha value is -6.85. The molecule has 0 spiro atoms. The van der Waals surface area contributed by atoms with E-state index >= 15 is 0 Å². The second-order valence-corrected chi connectivity index (χ2v) is 12.5. The van der Waals surface area contributed by atoms with Gasteiger partial charge in [-0.2, -0.15) is 0 Å². The van der Waals surface area contributed by atoms with E-state index in [0.29, 0.717) is 17.5 Å². The summed E-state index contributed by atoms with van der Waals surface area (Å²) in [7, 11) is 0. The Kier molecular flexibility index (Phi) is 6.42. The van der Waals surface area contributed by atoms with E-state index in [1.807, 2.05) is 42.5 Å². The minimum absolute atomic E-state index is 0.590. The van der Waals surface area contributed by atoms with Gasteiger partial charge in [0.1, 0.15) is 11.2 Å². The van der Waals surface area contributed by atoms with Crippen LogP contribution in [-0.4, -0.2) is 19.5 Å². The highest BCUT2D eigenvalue weighted by atomic mass is 16.3. The van der Waals surface area contributed by atoms with E-state index < -0.39 is 0 Å². The summed E-state index contributed by atoms with van der Waals surface area (Å²) >= 11 is 0. The average molecular weight is 641 g/mol. The molecule has 0 saturated carbocycles. The van der Waals surface area contributed by atoms with Crippen molar-refractivity contribution in [1.82, 2.24) is 19.5 Å². The van der Waals surface area contributed by atoms with Gasteiger partial charge < -0.3 is 8.98 Å². The second-order valence-electron chi connectivity index (χ2n) is 12.5. The number of rotatable bonds is 5. The first-order valence-corrected chi connectivity index (χ1v) is 16.7. The molecule has 10 aromatic rings. The fourth-order valence-electron chi connectivity index (χ4n) is 7.06. The molecule has 0 aliphatic carbocycles. The van der Waals surface area contributed by atoms with Crippen LogP contribution in [0.15, 0.2) is 174 Å². The SMILES string of the molecule is c1ccc(-c2cccc(-c3nc(-c4ccccc4)nc(-c4ccc5c(c4)oc4cc(-n6c7ccccc7c7ccccc76)ccc45)n3)c2)cc1. The molecule has 3 aromatic heterocycles. The standard InChI is InChI=1S/C45H28N4O/c1-3-12-29(13-4-1)31-16-11-17-32(26-31)44-46-43(30-14-5-2-6-15-30)47-45(48-44)33-22-24-37-38-25-23-34(28-42(38)50-41(37)27-33)49-39-20-9-7-18-35(39)36-19-8-10-21-40(36)49/h1-28H. The third kappa shape index (κ3) is 4.67. The molecule has 0 radical (unpaired) electrons. The van der Waals surface area contributed by atoms with Crippen molar-refractivity contribution in [1.29, 1.82) is 0 Å². The van der Waals surface area contributed by atoms with Crippen molar-refractivity contribution < 1.29 is 4.42 Å². The van der Waals surface area contributed by atoms with Crippen molar-refractivity contribution in [2.45, 2.75) is 0 Å². The van der Waals surface area contributed by atoms with E-state index in [2.05, 4.69) is 132 Å². The Balaban J connectivity index is 1.10. The minimum Gasteiger partial charge on any atom is -0.456 e. The number of aromatic nitrogens is 4. The summed E-state index contributed by atoms with van der Waals surface area (Å²) < 4.78 is 8.90. The molecule has 5 nitrogen and oxygen atoms in total. The molecule has 0 atom stereocenters. The van der Waals surface area contributed by atoms with E-state index in [9.17, 15) is 0 Å². The average Bonchev–Trinajstić information content (AvgIpc) is 3.73. The molecule has 50 heavy (non-hydrogen) atoms. The van der Waals surface area contributed by atoms with Gasteiger partial charge in [0.15, 0.2) is 17.5 Å². The molecule has 0 bridgehead atoms. The smallest absolute Gasteiger partial charge is 0.164 e. The Bertz CT molecular complexity index is 2820. The van der Waals surface area contributed by atoms with Crippen LogP contribution < -0.4 is 0 Å². The number of hydrogen-bond acceptors (Lipinski definition) is 4. The Morgan fingerprint density at radius 2 is 0.840 bits per heavy atom. The van der Waals surface area contributed by atoms with Crippen LogP contribution in [0.4, 0.5) is 0 Å². The first-order valence-electron chi connectivity index (χ1n) is 16.7. The van der Waals surface area contributed by atoms with Crippen LogP contribution in [0.2, 0.25) is 0 Å². The zero-order valence-electron chi connectivity index (χ0n) is 26.9. The molecular formula is C45H28N4O. The summed E-state index contributed by atoms with van der Waals surface area (Å²) in [5.41, 5.74) is 9.97. The summed E-state index contributed by atoms with van der Waals surface area (Å²) in [6.07, 6.45) is 0. The number of nitrogens with zero attached hydrogens (tertiary/aromatic N) is 4. The van der Waals surface area contributed by atoms with E-state index in [-0.39, 0.29) is 0 Å². The minimum atomic E-state index is 0.590. The molecule has 10 rings (SSSR count). The van der Waals surface area contributed by atoms with Gasteiger partial charge in [-0.05, 0) is 53.6 Å². The van der Waals surface area contributed by atoms with Crippen molar-refractivity contribution in [2.75, 3.05) is 0 Å². The topological polar surface area (TPSA) is 56.7 Å². The number of para-hydroxylation sites is 2. The Morgan fingerprint density at radius 3 is 1.52 bits per heavy atom. The third-order valence-corrected chi connectivity index (χ3v) is 9.45. The van der Waals surface area contributed by atoms with Gasteiger partial charge in [-0.15, -0.1) is 0 Å². The monoisotopic (exact) mass is 640 g/mol. The quantitative estimate of drug-likeness (QED) is 0.188. The summed E-state index contributed by atoms with van der Waals surface area (Å²) in [5.74, 6) is 1.83. The van der Waals surface area contributed by atoms with Gasteiger partial charge in [0.2, 0.25) is 0 Å². The summed E-state index contributed by atoms with van der Waals surface area (Å²) in [6, 6.07) is 58.6. The van der Waals surface area contributed by atoms with Crippen LogP contribution >= 0.6 is 0 Å². The largest absolute Gasteiger partial charge is 0.456 e. The molecule has 0 N–H and O–H groups in total. The maximum Gasteiger partial charge on any atom is 0.164 e. The second kappa shape index (κ2) is 11.4. The van der Waals surface area contributed by atoms with Crippen LogP contribution in [0.3, 0.4) is 0 Å². The lowest BCUT2D eigenvalue weighted by Gasteiger charge is -2.09. The molecule has 3 heterocycles. The van der Waals surface area contributed by atoms with Crippen molar-refractivity contribution in [3.63, 3.8) is 0 Å². The number of hydrogen-bond donors (Lipinski definition) is 0. The van der Waals surface area contributed by atoms with Gasteiger partial charge in [0.25, 0.3) is 0 Å². The van der Waals surface area contributed by atoms with E-state index in [1.165, 1.54) is 21.8 Å². The first-order chi connectivity index (χ1) is 24.8. The van der Waals surface area contributed by atoms with Crippen LogP contribution in [-0.2, 0) is 0 Å². The maximum atomic E-state index is 6.59. The van der Waals surface area contributed by atoms with Crippen molar-refractivity contribution >= 4 is 43.7 Å². The van der Waals surface area contributed by atoms with Crippen LogP contribution in [0.5, 0.6) is 0 Å². The van der Waals surface area contributed by atoms with Crippen LogP contribution in [0.1, 0.15) is 0 Å². The van der Waals surface area contributed by atoms with E-state index in [1.54, 1.807) is 0 Å². The van der Waals surface area contributed by atoms with Gasteiger partial charge in [-0.3, -0.25) is 0 Å². The molecule has 0 amide bonds. The summed E-state index contributed by atoms with van der Waals surface area (Å²) in [6.45, 7) is 0. The van der Waals surface area contributed by atoms with Crippen molar-refractivity contribution in [2.24, 2.45) is 0 Å². The van der Waals surface area contributed by atoms with Gasteiger partial charge in [0.05, 0.1) is 11.0 Å². The molecule has 0 fully saturated rings. The Labute approximate surface area is 287 Å². The third-order valence-electron chi connectivity index (χ3n) is 9.45. The van der Waals surface area contributed by atoms with Crippen molar-refractivity contribution in [3.05, 3.63) is 170 Å². The first kappa shape index (κ1) is 28.2. The Morgan fingerprint density at radius 1 is 0.340 bits per heavy atom. The normalized spacial score (nSPS) is 11.6. The highest BCUT2D eigenvalue weighted by Gasteiger charge is 2.17. The van der Waals surface area contributed by atoms with Crippen molar-refractivity contribution in [3.8, 4) is 51.0 Å². The predicted molar refractivity (Wildman–Crippen MR) is 203 cm³/mol. The predicted octanol–water partition coefficient (Wildman–Crippen LogP) is 11.5. The molecule has 234 valence electrons. The molecular weight excluding hydrogens is 613 g/mol. The summed E-state index contributed by atoms with van der Waals surface area (Å²) in [5, 5.41) is 4.58. The molecule has 0 saturated heterocycles. The summed E-state index contributed by atoms with van der Waals surface area (Å²) in [4.78, 5) is 15.0. The number of fused-ring (bicyclic) bond motifs is 6. The van der Waals surface area contributed by atoms with Crippen LogP contribution in [0.25, 0.3) is 94.7 Å². The molecule has 0 aliphatic rings. The molecule has 0 unspecified atom stereocenters. The molecule has 7 aromatic carbocycles. The van der Waals surface area contributed by atoms with Gasteiger partial charge in [-0.1, -0.05) is 121 Å². The van der Waals surface area contributed by atoms with Crippen LogP contribution in [0, 0.1) is 0 Å².